The van der Waals surface area contributed by atoms with Gasteiger partial charge >= 0.3 is 0 Å². The Balaban J connectivity index is 1.78. The van der Waals surface area contributed by atoms with Gasteiger partial charge in [0.2, 0.25) is 0 Å². The molecule has 2 heterocycles. The number of hydrogen-bond acceptors (Lipinski definition) is 5. The molecule has 1 amide bonds. The molecular formula is C29H36N2O4Si. The van der Waals surface area contributed by atoms with Gasteiger partial charge in [0.05, 0.1) is 43.2 Å². The van der Waals surface area contributed by atoms with Gasteiger partial charge in [-0.25, -0.2) is 0 Å². The molecule has 0 aliphatic carbocycles. The van der Waals surface area contributed by atoms with Crippen molar-refractivity contribution in [3.63, 3.8) is 0 Å². The molecule has 0 radical (unpaired) electrons. The van der Waals surface area contributed by atoms with Gasteiger partial charge in [0.1, 0.15) is 0 Å². The molecule has 1 aromatic heterocycles. The van der Waals surface area contributed by atoms with Crippen LogP contribution in [-0.2, 0) is 9.16 Å². The van der Waals surface area contributed by atoms with Crippen LogP contribution < -0.4 is 10.4 Å². The summed E-state index contributed by atoms with van der Waals surface area (Å²) < 4.78 is 12.7. The summed E-state index contributed by atoms with van der Waals surface area (Å²) in [6.45, 7) is 9.75. The van der Waals surface area contributed by atoms with E-state index in [0.29, 0.717) is 31.0 Å². The number of ether oxygens (including phenoxy) is 1. The van der Waals surface area contributed by atoms with Gasteiger partial charge in [0.15, 0.2) is 0 Å². The highest BCUT2D eigenvalue weighted by Crippen LogP contribution is 2.40. The third-order valence-electron chi connectivity index (χ3n) is 6.92. The Morgan fingerprint density at radius 1 is 1.08 bits per heavy atom. The van der Waals surface area contributed by atoms with Gasteiger partial charge in [-0.05, 0) is 34.5 Å². The van der Waals surface area contributed by atoms with Crippen molar-refractivity contribution < 1.29 is 19.1 Å². The number of benzene rings is 2. The van der Waals surface area contributed by atoms with Crippen molar-refractivity contribution in [2.45, 2.75) is 44.9 Å². The maximum Gasteiger partial charge on any atom is 0.261 e. The number of pyridine rings is 1. The van der Waals surface area contributed by atoms with Crippen molar-refractivity contribution in [1.29, 1.82) is 0 Å². The van der Waals surface area contributed by atoms with E-state index in [9.17, 15) is 9.90 Å². The minimum atomic E-state index is -2.84. The molecule has 0 spiro atoms. The molecule has 1 fully saturated rings. The first-order valence-electron chi connectivity index (χ1n) is 12.5. The number of nitrogens with zero attached hydrogens (tertiary/aromatic N) is 2. The Labute approximate surface area is 215 Å². The van der Waals surface area contributed by atoms with Crippen molar-refractivity contribution in [2.24, 2.45) is 0 Å². The number of aliphatic hydroxyl groups is 1. The molecule has 1 N–H and O–H groups in total. The zero-order valence-electron chi connectivity index (χ0n) is 21.6. The first-order valence-corrected chi connectivity index (χ1v) is 14.4. The summed E-state index contributed by atoms with van der Waals surface area (Å²) in [5, 5.41) is 12.0. The number of morpholine rings is 1. The molecule has 1 unspecified atom stereocenters. The van der Waals surface area contributed by atoms with Gasteiger partial charge in [-0.15, -0.1) is 0 Å². The molecule has 1 aliphatic heterocycles. The lowest BCUT2D eigenvalue weighted by atomic mass is 10.1. The van der Waals surface area contributed by atoms with E-state index in [2.05, 4.69) is 74.3 Å². The number of carbonyl (C=O) groups is 1. The molecule has 2 aromatic carbocycles. The lowest BCUT2D eigenvalue weighted by molar-refractivity contribution is -0.0185. The van der Waals surface area contributed by atoms with E-state index in [0.717, 1.165) is 0 Å². The number of aromatic nitrogens is 1. The Morgan fingerprint density at radius 2 is 1.69 bits per heavy atom. The van der Waals surface area contributed by atoms with Gasteiger partial charge < -0.3 is 19.2 Å². The molecule has 36 heavy (non-hydrogen) atoms. The molecular weight excluding hydrogens is 468 g/mol. The molecule has 2 atom stereocenters. The third kappa shape index (κ3) is 5.02. The fraction of sp³-hybridized carbons (Fsp3) is 0.379. The molecule has 0 saturated carbocycles. The zero-order valence-corrected chi connectivity index (χ0v) is 22.6. The minimum absolute atomic E-state index is 0.143. The summed E-state index contributed by atoms with van der Waals surface area (Å²) in [7, 11) is -2.84. The highest BCUT2D eigenvalue weighted by molar-refractivity contribution is 6.99. The Morgan fingerprint density at radius 3 is 2.25 bits per heavy atom. The predicted octanol–water partition coefficient (Wildman–Crippen LogP) is 3.55. The van der Waals surface area contributed by atoms with Crippen LogP contribution >= 0.6 is 0 Å². The molecule has 4 rings (SSSR count). The Kier molecular flexibility index (Phi) is 8.05. The first kappa shape index (κ1) is 26.2. The van der Waals surface area contributed by atoms with E-state index in [4.69, 9.17) is 9.16 Å². The van der Waals surface area contributed by atoms with Crippen molar-refractivity contribution in [3.8, 4) is 0 Å². The monoisotopic (exact) mass is 504 g/mol. The summed E-state index contributed by atoms with van der Waals surface area (Å²) in [5.41, 5.74) is 1.11. The van der Waals surface area contributed by atoms with Crippen molar-refractivity contribution in [2.75, 3.05) is 26.4 Å². The van der Waals surface area contributed by atoms with Crippen molar-refractivity contribution >= 4 is 24.6 Å². The molecule has 1 saturated heterocycles. The molecule has 3 aromatic rings. The SMILES string of the molecule is CC(O[Si](c1ccccc1)(c1ccccc1)C(C)(C)C)c1ncccc1C(=O)N1CCOC[C@H]1CO. The highest BCUT2D eigenvalue weighted by atomic mass is 28.4. The van der Waals surface area contributed by atoms with Crippen LogP contribution in [0.1, 0.15) is 49.9 Å². The lowest BCUT2D eigenvalue weighted by Gasteiger charge is -2.44. The van der Waals surface area contributed by atoms with Crippen LogP contribution in [0, 0.1) is 0 Å². The topological polar surface area (TPSA) is 71.9 Å². The van der Waals surface area contributed by atoms with Crippen molar-refractivity contribution in [1.82, 2.24) is 9.88 Å². The number of aliphatic hydroxyl groups excluding tert-OH is 1. The minimum Gasteiger partial charge on any atom is -0.399 e. The van der Waals surface area contributed by atoms with Crippen LogP contribution in [0.2, 0.25) is 5.04 Å². The smallest absolute Gasteiger partial charge is 0.261 e. The number of amides is 1. The molecule has 190 valence electrons. The van der Waals surface area contributed by atoms with Gasteiger partial charge in [0, 0.05) is 12.7 Å². The maximum atomic E-state index is 13.7. The zero-order chi connectivity index (χ0) is 25.8. The van der Waals surface area contributed by atoms with Gasteiger partial charge in [-0.2, -0.15) is 0 Å². The number of hydrogen-bond donors (Lipinski definition) is 1. The van der Waals surface area contributed by atoms with Crippen molar-refractivity contribution in [3.05, 3.63) is 90.3 Å². The summed E-state index contributed by atoms with van der Waals surface area (Å²) in [6.07, 6.45) is 1.27. The number of carbonyl (C=O) groups excluding carboxylic acids is 1. The summed E-state index contributed by atoms with van der Waals surface area (Å²) >= 11 is 0. The standard InChI is InChI=1S/C29H36N2O4Si/c1-22(27-26(16-11-17-30-27)28(33)31-18-19-34-21-23(31)20-32)35-36(29(2,3)4,24-12-7-5-8-13-24)25-14-9-6-10-15-25/h5-17,22-23,32H,18-21H2,1-4H3/t22?,23-/m1/s1. The fourth-order valence-electron chi connectivity index (χ4n) is 5.16. The highest BCUT2D eigenvalue weighted by Gasteiger charge is 2.51. The van der Waals surface area contributed by atoms with E-state index in [1.54, 1.807) is 23.2 Å². The average molecular weight is 505 g/mol. The predicted molar refractivity (Wildman–Crippen MR) is 144 cm³/mol. The Hall–Kier alpha value is -2.84. The van der Waals surface area contributed by atoms with E-state index >= 15 is 0 Å². The molecule has 7 heteroatoms. The third-order valence-corrected chi connectivity index (χ3v) is 12.0. The average Bonchev–Trinajstić information content (AvgIpc) is 2.91. The van der Waals surface area contributed by atoms with E-state index in [1.807, 2.05) is 19.1 Å². The maximum absolute atomic E-state index is 13.7. The van der Waals surface area contributed by atoms with Gasteiger partial charge in [-0.1, -0.05) is 81.4 Å². The summed E-state index contributed by atoms with van der Waals surface area (Å²) in [4.78, 5) is 20.0. The number of rotatable bonds is 7. The molecule has 1 aliphatic rings. The van der Waals surface area contributed by atoms with Gasteiger partial charge in [-0.3, -0.25) is 9.78 Å². The van der Waals surface area contributed by atoms with E-state index in [1.165, 1.54) is 10.4 Å². The Bertz CT molecular complexity index is 1110. The lowest BCUT2D eigenvalue weighted by Crippen LogP contribution is -2.66. The first-order chi connectivity index (χ1) is 17.3. The largest absolute Gasteiger partial charge is 0.399 e. The normalized spacial score (nSPS) is 17.6. The molecule has 0 bridgehead atoms. The second-order valence-electron chi connectivity index (χ2n) is 10.3. The van der Waals surface area contributed by atoms with Crippen LogP contribution in [0.25, 0.3) is 0 Å². The van der Waals surface area contributed by atoms with Crippen LogP contribution in [0.4, 0.5) is 0 Å². The fourth-order valence-corrected chi connectivity index (χ4v) is 9.82. The second kappa shape index (κ2) is 11.0. The van der Waals surface area contributed by atoms with E-state index < -0.39 is 14.4 Å². The van der Waals surface area contributed by atoms with Crippen LogP contribution in [-0.4, -0.2) is 61.6 Å². The van der Waals surface area contributed by atoms with Crippen LogP contribution in [0.3, 0.4) is 0 Å². The van der Waals surface area contributed by atoms with Crippen LogP contribution in [0.5, 0.6) is 0 Å². The molecule has 6 nitrogen and oxygen atoms in total. The van der Waals surface area contributed by atoms with E-state index in [-0.39, 0.29) is 23.6 Å². The second-order valence-corrected chi connectivity index (χ2v) is 14.5. The van der Waals surface area contributed by atoms with Crippen LogP contribution in [0.15, 0.2) is 79.0 Å². The van der Waals surface area contributed by atoms with Gasteiger partial charge in [0.25, 0.3) is 14.2 Å². The summed E-state index contributed by atoms with van der Waals surface area (Å²) in [6, 6.07) is 24.1. The quantitative estimate of drug-likeness (QED) is 0.498. The summed E-state index contributed by atoms with van der Waals surface area (Å²) in [5.74, 6) is -0.154.